The Balaban J connectivity index is 2.17. The molecule has 1 aliphatic rings. The molecule has 1 aromatic heterocycles. The summed E-state index contributed by atoms with van der Waals surface area (Å²) < 4.78 is 0. The zero-order valence-corrected chi connectivity index (χ0v) is 10.1. The fourth-order valence-electron chi connectivity index (χ4n) is 2.03. The first-order chi connectivity index (χ1) is 8.58. The number of pyridine rings is 1. The van der Waals surface area contributed by atoms with Gasteiger partial charge in [0.2, 0.25) is 5.91 Å². The van der Waals surface area contributed by atoms with Crippen LogP contribution in [0.2, 0.25) is 0 Å². The minimum atomic E-state index is -0.981. The highest BCUT2D eigenvalue weighted by Crippen LogP contribution is 2.13. The number of nitrogens with zero attached hydrogens (tertiary/aromatic N) is 3. The maximum absolute atomic E-state index is 11.9. The summed E-state index contributed by atoms with van der Waals surface area (Å²) in [7, 11) is 1.74. The summed E-state index contributed by atoms with van der Waals surface area (Å²) in [5, 5.41) is 9.18. The highest BCUT2D eigenvalue weighted by Gasteiger charge is 2.35. The van der Waals surface area contributed by atoms with Crippen LogP contribution in [-0.4, -0.2) is 57.9 Å². The Hall–Kier alpha value is -1.95. The number of carboxylic acid groups (broad SMARTS) is 1. The van der Waals surface area contributed by atoms with E-state index in [1.54, 1.807) is 30.3 Å². The lowest BCUT2D eigenvalue weighted by Crippen LogP contribution is -2.57. The number of carbonyl (C=O) groups is 2. The fraction of sp³-hybridized carbons (Fsp3) is 0.417. The molecule has 18 heavy (non-hydrogen) atoms. The van der Waals surface area contributed by atoms with E-state index in [-0.39, 0.29) is 19.0 Å². The van der Waals surface area contributed by atoms with Gasteiger partial charge in [-0.25, -0.2) is 4.79 Å². The Morgan fingerprint density at radius 1 is 1.56 bits per heavy atom. The minimum absolute atomic E-state index is 0.179. The predicted octanol–water partition coefficient (Wildman–Crippen LogP) is -0.191. The molecule has 96 valence electrons. The van der Waals surface area contributed by atoms with E-state index in [1.807, 2.05) is 6.07 Å². The molecule has 1 amide bonds. The van der Waals surface area contributed by atoms with Gasteiger partial charge in [0.05, 0.1) is 18.8 Å². The Morgan fingerprint density at radius 3 is 2.94 bits per heavy atom. The molecule has 1 N–H and O–H groups in total. The van der Waals surface area contributed by atoms with E-state index in [1.165, 1.54) is 4.90 Å². The van der Waals surface area contributed by atoms with Crippen LogP contribution in [0.4, 0.5) is 0 Å². The molecule has 6 nitrogen and oxygen atoms in total. The number of piperazine rings is 1. The molecule has 2 rings (SSSR count). The molecular formula is C12H15N3O3. The van der Waals surface area contributed by atoms with Gasteiger partial charge in [-0.15, -0.1) is 0 Å². The van der Waals surface area contributed by atoms with Gasteiger partial charge in [-0.05, 0) is 19.2 Å². The average Bonchev–Trinajstić information content (AvgIpc) is 2.33. The van der Waals surface area contributed by atoms with Crippen LogP contribution in [0.25, 0.3) is 0 Å². The van der Waals surface area contributed by atoms with Crippen molar-refractivity contribution in [1.29, 1.82) is 0 Å². The van der Waals surface area contributed by atoms with Crippen LogP contribution in [0.5, 0.6) is 0 Å². The van der Waals surface area contributed by atoms with Crippen molar-refractivity contribution in [2.24, 2.45) is 0 Å². The lowest BCUT2D eigenvalue weighted by molar-refractivity contribution is -0.156. The fourth-order valence-corrected chi connectivity index (χ4v) is 2.03. The molecule has 1 unspecified atom stereocenters. The molecule has 1 atom stereocenters. The summed E-state index contributed by atoms with van der Waals surface area (Å²) in [6, 6.07) is 4.57. The second kappa shape index (κ2) is 5.14. The second-order valence-electron chi connectivity index (χ2n) is 4.39. The Bertz CT molecular complexity index is 449. The summed E-state index contributed by atoms with van der Waals surface area (Å²) in [5.74, 6) is -1.16. The topological polar surface area (TPSA) is 73.7 Å². The molecule has 0 aliphatic carbocycles. The van der Waals surface area contributed by atoms with E-state index in [9.17, 15) is 14.7 Å². The van der Waals surface area contributed by atoms with E-state index >= 15 is 0 Å². The van der Waals surface area contributed by atoms with Crippen molar-refractivity contribution in [2.45, 2.75) is 12.6 Å². The van der Waals surface area contributed by atoms with Gasteiger partial charge in [0.15, 0.2) is 0 Å². The minimum Gasteiger partial charge on any atom is -0.480 e. The van der Waals surface area contributed by atoms with Crippen molar-refractivity contribution < 1.29 is 14.7 Å². The van der Waals surface area contributed by atoms with Crippen LogP contribution in [-0.2, 0) is 16.1 Å². The number of amides is 1. The summed E-state index contributed by atoms with van der Waals surface area (Å²) in [5.41, 5.74) is 0.696. The van der Waals surface area contributed by atoms with Gasteiger partial charge in [0.25, 0.3) is 0 Å². The first-order valence-electron chi connectivity index (χ1n) is 5.68. The van der Waals surface area contributed by atoms with Gasteiger partial charge in [-0.3, -0.25) is 14.7 Å². The molecular weight excluding hydrogens is 234 g/mol. The van der Waals surface area contributed by atoms with Gasteiger partial charge >= 0.3 is 5.97 Å². The highest BCUT2D eigenvalue weighted by molar-refractivity contribution is 5.86. The van der Waals surface area contributed by atoms with E-state index in [0.717, 1.165) is 0 Å². The van der Waals surface area contributed by atoms with Crippen molar-refractivity contribution >= 4 is 11.9 Å². The maximum Gasteiger partial charge on any atom is 0.327 e. The van der Waals surface area contributed by atoms with Crippen LogP contribution in [0, 0.1) is 0 Å². The molecule has 1 saturated heterocycles. The number of rotatable bonds is 3. The number of carbonyl (C=O) groups excluding carboxylic acids is 1. The van der Waals surface area contributed by atoms with Crippen molar-refractivity contribution in [3.8, 4) is 0 Å². The Morgan fingerprint density at radius 2 is 2.33 bits per heavy atom. The molecule has 0 aromatic carbocycles. The van der Waals surface area contributed by atoms with Gasteiger partial charge in [0, 0.05) is 12.7 Å². The molecule has 0 radical (unpaired) electrons. The van der Waals surface area contributed by atoms with Crippen LogP contribution in [0.15, 0.2) is 24.4 Å². The van der Waals surface area contributed by atoms with Gasteiger partial charge in [-0.2, -0.15) is 0 Å². The van der Waals surface area contributed by atoms with Crippen molar-refractivity contribution in [3.63, 3.8) is 0 Å². The number of carboxylic acids is 1. The highest BCUT2D eigenvalue weighted by atomic mass is 16.4. The smallest absolute Gasteiger partial charge is 0.327 e. The van der Waals surface area contributed by atoms with E-state index < -0.39 is 12.0 Å². The van der Waals surface area contributed by atoms with E-state index in [2.05, 4.69) is 4.98 Å². The summed E-state index contributed by atoms with van der Waals surface area (Å²) in [6.07, 6.45) is 1.63. The zero-order chi connectivity index (χ0) is 13.1. The van der Waals surface area contributed by atoms with Crippen molar-refractivity contribution in [2.75, 3.05) is 20.1 Å². The molecule has 1 aliphatic heterocycles. The largest absolute Gasteiger partial charge is 0.480 e. The van der Waals surface area contributed by atoms with Crippen molar-refractivity contribution in [1.82, 2.24) is 14.8 Å². The third-order valence-corrected chi connectivity index (χ3v) is 2.93. The number of aliphatic carboxylic acids is 1. The molecule has 6 heteroatoms. The SMILES string of the molecule is CN1CC(=O)N(Cc2ccccn2)C(C(=O)O)C1. The van der Waals surface area contributed by atoms with Gasteiger partial charge in [-0.1, -0.05) is 6.07 Å². The normalized spacial score (nSPS) is 21.1. The number of hydrogen-bond donors (Lipinski definition) is 1. The standard InChI is InChI=1S/C12H15N3O3/c1-14-7-10(12(17)18)15(11(16)8-14)6-9-4-2-3-5-13-9/h2-5,10H,6-8H2,1H3,(H,17,18). The average molecular weight is 249 g/mol. The Labute approximate surface area is 105 Å². The quantitative estimate of drug-likeness (QED) is 0.803. The van der Waals surface area contributed by atoms with Crippen LogP contribution in [0.1, 0.15) is 5.69 Å². The second-order valence-corrected chi connectivity index (χ2v) is 4.39. The van der Waals surface area contributed by atoms with Gasteiger partial charge in [0.1, 0.15) is 6.04 Å². The van der Waals surface area contributed by atoms with E-state index in [4.69, 9.17) is 0 Å². The summed E-state index contributed by atoms with van der Waals surface area (Å²) >= 11 is 0. The predicted molar refractivity (Wildman–Crippen MR) is 63.7 cm³/mol. The first kappa shape index (κ1) is 12.5. The molecule has 0 bridgehead atoms. The Kier molecular flexibility index (Phi) is 3.57. The van der Waals surface area contributed by atoms with Crippen molar-refractivity contribution in [3.05, 3.63) is 30.1 Å². The zero-order valence-electron chi connectivity index (χ0n) is 10.1. The number of likely N-dealkylation sites (N-methyl/N-ethyl adjacent to an activating group) is 1. The molecule has 2 heterocycles. The van der Waals surface area contributed by atoms with Crippen LogP contribution >= 0.6 is 0 Å². The number of hydrogen-bond acceptors (Lipinski definition) is 4. The van der Waals surface area contributed by atoms with E-state index in [0.29, 0.717) is 12.2 Å². The third kappa shape index (κ3) is 2.65. The van der Waals surface area contributed by atoms with Crippen LogP contribution < -0.4 is 0 Å². The third-order valence-electron chi connectivity index (χ3n) is 2.93. The number of aromatic nitrogens is 1. The maximum atomic E-state index is 11.9. The van der Waals surface area contributed by atoms with Crippen LogP contribution in [0.3, 0.4) is 0 Å². The lowest BCUT2D eigenvalue weighted by Gasteiger charge is -2.37. The summed E-state index contributed by atoms with van der Waals surface area (Å²) in [4.78, 5) is 30.3. The lowest BCUT2D eigenvalue weighted by atomic mass is 10.1. The molecule has 1 fully saturated rings. The summed E-state index contributed by atoms with van der Waals surface area (Å²) in [6.45, 7) is 0.828. The molecule has 0 spiro atoms. The first-order valence-corrected chi connectivity index (χ1v) is 5.68. The van der Waals surface area contributed by atoms with Gasteiger partial charge < -0.3 is 10.0 Å². The molecule has 0 saturated carbocycles. The monoisotopic (exact) mass is 249 g/mol. The molecule has 1 aromatic rings.